The summed E-state index contributed by atoms with van der Waals surface area (Å²) >= 11 is 0. The third-order valence-corrected chi connectivity index (χ3v) is 0.783. The van der Waals surface area contributed by atoms with Gasteiger partial charge in [-0.25, -0.2) is 4.98 Å². The maximum Gasteiger partial charge on any atom is 0.213 e. The first kappa shape index (κ1) is 4.18. The fourth-order valence-corrected chi connectivity index (χ4v) is 0.311. The van der Waals surface area contributed by atoms with E-state index in [4.69, 9.17) is 5.73 Å². The highest BCUT2D eigenvalue weighted by atomic mass is 16.3. The smallest absolute Gasteiger partial charge is 0.213 e. The van der Waals surface area contributed by atoms with E-state index in [0.717, 1.165) is 5.69 Å². The zero-order chi connectivity index (χ0) is 5.28. The van der Waals surface area contributed by atoms with Gasteiger partial charge >= 0.3 is 0 Å². The van der Waals surface area contributed by atoms with E-state index < -0.39 is 0 Å². The van der Waals surface area contributed by atoms with Gasteiger partial charge in [-0.1, -0.05) is 0 Å². The molecule has 3 nitrogen and oxygen atoms in total. The van der Waals surface area contributed by atoms with Crippen molar-refractivity contribution in [3.8, 4) is 0 Å². The first-order valence-electron chi connectivity index (χ1n) is 1.96. The molecule has 1 heterocycles. The van der Waals surface area contributed by atoms with E-state index in [1.54, 1.807) is 6.92 Å². The topological polar surface area (TPSA) is 52.0 Å². The van der Waals surface area contributed by atoms with Gasteiger partial charge in [0.05, 0.1) is 0 Å². The number of nitrogens with zero attached hydrogens (tertiary/aromatic N) is 1. The lowest BCUT2D eigenvalue weighted by Crippen LogP contribution is -1.82. The Bertz CT molecular complexity index is 142. The lowest BCUT2D eigenvalue weighted by atomic mass is 10.5. The van der Waals surface area contributed by atoms with Crippen LogP contribution < -0.4 is 5.73 Å². The summed E-state index contributed by atoms with van der Waals surface area (Å²) in [6.45, 7) is 1.79. The highest BCUT2D eigenvalue weighted by molar-refractivity contribution is 5.27. The Morgan fingerprint density at radius 3 is 2.71 bits per heavy atom. The van der Waals surface area contributed by atoms with Gasteiger partial charge in [0.15, 0.2) is 6.39 Å². The van der Waals surface area contributed by atoms with Crippen molar-refractivity contribution in [2.75, 3.05) is 5.73 Å². The Hall–Kier alpha value is -0.990. The first-order chi connectivity index (χ1) is 3.30. The van der Waals surface area contributed by atoms with Crippen LogP contribution in [0.5, 0.6) is 0 Å². The van der Waals surface area contributed by atoms with Crippen LogP contribution in [-0.2, 0) is 0 Å². The lowest BCUT2D eigenvalue weighted by Gasteiger charge is -1.77. The molecule has 0 aromatic carbocycles. The van der Waals surface area contributed by atoms with Crippen molar-refractivity contribution in [3.05, 3.63) is 12.1 Å². The second kappa shape index (κ2) is 1.26. The lowest BCUT2D eigenvalue weighted by molar-refractivity contribution is 0.576. The van der Waals surface area contributed by atoms with E-state index in [1.165, 1.54) is 6.39 Å². The van der Waals surface area contributed by atoms with Crippen molar-refractivity contribution in [1.82, 2.24) is 4.98 Å². The van der Waals surface area contributed by atoms with E-state index in [1.807, 2.05) is 0 Å². The van der Waals surface area contributed by atoms with E-state index in [9.17, 15) is 0 Å². The van der Waals surface area contributed by atoms with Gasteiger partial charge < -0.3 is 10.2 Å². The number of nitrogen functional groups attached to an aromatic ring is 1. The highest BCUT2D eigenvalue weighted by Crippen LogP contribution is 2.03. The number of anilines is 1. The van der Waals surface area contributed by atoms with Crippen LogP contribution in [0.3, 0.4) is 0 Å². The first-order valence-corrected chi connectivity index (χ1v) is 1.96. The van der Waals surface area contributed by atoms with E-state index >= 15 is 0 Å². The minimum absolute atomic E-state index is 0.403. The summed E-state index contributed by atoms with van der Waals surface area (Å²) in [5.41, 5.74) is 5.96. The Labute approximate surface area is 41.2 Å². The van der Waals surface area contributed by atoms with E-state index in [-0.39, 0.29) is 0 Å². The average Bonchev–Trinajstić information content (AvgIpc) is 1.91. The molecule has 0 aliphatic heterocycles. The van der Waals surface area contributed by atoms with Gasteiger partial charge in [-0.05, 0) is 6.92 Å². The number of aryl methyl sites for hydroxylation is 1. The molecule has 0 saturated heterocycles. The quantitative estimate of drug-likeness (QED) is 0.516. The van der Waals surface area contributed by atoms with Crippen LogP contribution in [0, 0.1) is 6.92 Å². The molecule has 0 amide bonds. The SMILES string of the molecule is Cc1ncoc1N. The Morgan fingerprint density at radius 2 is 2.57 bits per heavy atom. The summed E-state index contributed by atoms with van der Waals surface area (Å²) in [6.07, 6.45) is 1.32. The molecule has 3 heteroatoms. The van der Waals surface area contributed by atoms with E-state index in [0.29, 0.717) is 5.88 Å². The van der Waals surface area contributed by atoms with Gasteiger partial charge in [0, 0.05) is 0 Å². The zero-order valence-electron chi connectivity index (χ0n) is 4.01. The average molecular weight is 98.1 g/mol. The molecule has 0 saturated carbocycles. The van der Waals surface area contributed by atoms with E-state index in [2.05, 4.69) is 9.40 Å². The monoisotopic (exact) mass is 98.0 g/mol. The summed E-state index contributed by atoms with van der Waals surface area (Å²) in [5.74, 6) is 0.403. The van der Waals surface area contributed by atoms with Gasteiger partial charge in [-0.15, -0.1) is 0 Å². The Morgan fingerprint density at radius 1 is 1.86 bits per heavy atom. The standard InChI is InChI=1S/C4H6N2O/c1-3-4(5)7-2-6-3/h2H,5H2,1H3. The summed E-state index contributed by atoms with van der Waals surface area (Å²) in [6, 6.07) is 0. The molecule has 38 valence electrons. The second-order valence-electron chi connectivity index (χ2n) is 1.30. The Kier molecular flexibility index (Phi) is 0.749. The van der Waals surface area contributed by atoms with Crippen LogP contribution in [-0.4, -0.2) is 4.98 Å². The van der Waals surface area contributed by atoms with Crippen LogP contribution >= 0.6 is 0 Å². The third-order valence-electron chi connectivity index (χ3n) is 0.783. The van der Waals surface area contributed by atoms with Crippen LogP contribution in [0.25, 0.3) is 0 Å². The van der Waals surface area contributed by atoms with Gasteiger partial charge in [-0.2, -0.15) is 0 Å². The summed E-state index contributed by atoms with van der Waals surface area (Å²) in [5, 5.41) is 0. The molecule has 0 fully saturated rings. The summed E-state index contributed by atoms with van der Waals surface area (Å²) in [4.78, 5) is 3.72. The van der Waals surface area contributed by atoms with Crippen molar-refractivity contribution in [3.63, 3.8) is 0 Å². The normalized spacial score (nSPS) is 9.29. The number of rotatable bonds is 0. The van der Waals surface area contributed by atoms with Crippen molar-refractivity contribution in [2.24, 2.45) is 0 Å². The fraction of sp³-hybridized carbons (Fsp3) is 0.250. The van der Waals surface area contributed by atoms with Crippen molar-refractivity contribution in [1.29, 1.82) is 0 Å². The molecule has 0 unspecified atom stereocenters. The van der Waals surface area contributed by atoms with Crippen LogP contribution in [0.2, 0.25) is 0 Å². The third kappa shape index (κ3) is 0.559. The number of hydrogen-bond donors (Lipinski definition) is 1. The highest BCUT2D eigenvalue weighted by Gasteiger charge is 1.91. The van der Waals surface area contributed by atoms with Gasteiger partial charge in [0.25, 0.3) is 0 Å². The molecule has 1 rings (SSSR count). The molecule has 0 aliphatic rings. The number of oxazole rings is 1. The Balaban J connectivity index is 3.12. The molecule has 0 spiro atoms. The number of hydrogen-bond acceptors (Lipinski definition) is 3. The van der Waals surface area contributed by atoms with Gasteiger partial charge in [-0.3, -0.25) is 0 Å². The minimum atomic E-state index is 0.403. The molecule has 1 aromatic rings. The largest absolute Gasteiger partial charge is 0.428 e. The predicted octanol–water partition coefficient (Wildman–Crippen LogP) is 0.565. The van der Waals surface area contributed by atoms with Crippen LogP contribution in [0.1, 0.15) is 5.69 Å². The molecule has 7 heavy (non-hydrogen) atoms. The summed E-state index contributed by atoms with van der Waals surface area (Å²) in [7, 11) is 0. The number of aromatic nitrogens is 1. The molecule has 2 N–H and O–H groups in total. The molecule has 0 bridgehead atoms. The predicted molar refractivity (Wildman–Crippen MR) is 25.7 cm³/mol. The second-order valence-corrected chi connectivity index (χ2v) is 1.30. The molecule has 0 atom stereocenters. The van der Waals surface area contributed by atoms with Crippen molar-refractivity contribution in [2.45, 2.75) is 6.92 Å². The minimum Gasteiger partial charge on any atom is -0.428 e. The van der Waals surface area contributed by atoms with Crippen molar-refractivity contribution < 1.29 is 4.42 Å². The molecule has 0 radical (unpaired) electrons. The number of nitrogens with two attached hydrogens (primary N) is 1. The molecule has 1 aromatic heterocycles. The molecular weight excluding hydrogens is 92.1 g/mol. The summed E-state index contributed by atoms with van der Waals surface area (Å²) < 4.78 is 4.63. The maximum absolute atomic E-state index is 5.21. The molecular formula is C4H6N2O. The van der Waals surface area contributed by atoms with Gasteiger partial charge in [0.1, 0.15) is 5.69 Å². The molecule has 0 aliphatic carbocycles. The zero-order valence-corrected chi connectivity index (χ0v) is 4.01. The van der Waals surface area contributed by atoms with Crippen molar-refractivity contribution >= 4 is 5.88 Å². The van der Waals surface area contributed by atoms with Crippen LogP contribution in [0.15, 0.2) is 10.8 Å². The fourth-order valence-electron chi connectivity index (χ4n) is 0.311. The maximum atomic E-state index is 5.21. The van der Waals surface area contributed by atoms with Gasteiger partial charge in [0.2, 0.25) is 5.88 Å². The van der Waals surface area contributed by atoms with Crippen LogP contribution in [0.4, 0.5) is 5.88 Å².